The summed E-state index contributed by atoms with van der Waals surface area (Å²) in [6, 6.07) is 9.23. The Morgan fingerprint density at radius 1 is 1.00 bits per heavy atom. The van der Waals surface area contributed by atoms with Gasteiger partial charge in [0.2, 0.25) is 0 Å². The number of hydrogen-bond acceptors (Lipinski definition) is 5. The lowest BCUT2D eigenvalue weighted by Gasteiger charge is -2.10. The maximum atomic E-state index is 11.7. The average molecular weight is 350 g/mol. The molecule has 1 N–H and O–H groups in total. The quantitative estimate of drug-likeness (QED) is 0.433. The van der Waals surface area contributed by atoms with Crippen LogP contribution >= 0.6 is 0 Å². The van der Waals surface area contributed by atoms with Crippen LogP contribution < -0.4 is 0 Å². The van der Waals surface area contributed by atoms with Gasteiger partial charge in [0.25, 0.3) is 0 Å². The molecule has 1 aromatic carbocycles. The molecule has 5 nitrogen and oxygen atoms in total. The van der Waals surface area contributed by atoms with Crippen LogP contribution in [0, 0.1) is 0 Å². The van der Waals surface area contributed by atoms with Gasteiger partial charge in [0.1, 0.15) is 6.61 Å². The van der Waals surface area contributed by atoms with E-state index in [2.05, 4.69) is 6.92 Å². The summed E-state index contributed by atoms with van der Waals surface area (Å²) in [6.07, 6.45) is 5.49. The van der Waals surface area contributed by atoms with Crippen LogP contribution in [0.5, 0.6) is 0 Å². The highest BCUT2D eigenvalue weighted by Crippen LogP contribution is 2.07. The van der Waals surface area contributed by atoms with Crippen LogP contribution in [-0.4, -0.2) is 29.8 Å². The number of rotatable bonds is 13. The van der Waals surface area contributed by atoms with E-state index < -0.39 is 12.1 Å². The largest absolute Gasteiger partial charge is 0.466 e. The topological polar surface area (TPSA) is 72.8 Å². The maximum absolute atomic E-state index is 11.7. The number of aliphatic hydroxyl groups excluding tert-OH is 1. The lowest BCUT2D eigenvalue weighted by atomic mass is 10.1. The summed E-state index contributed by atoms with van der Waals surface area (Å²) in [5.74, 6) is -1.10. The molecule has 0 aliphatic heterocycles. The lowest BCUT2D eigenvalue weighted by molar-refractivity contribution is -0.156. The van der Waals surface area contributed by atoms with E-state index in [-0.39, 0.29) is 25.4 Å². The first kappa shape index (κ1) is 21.2. The molecule has 0 heterocycles. The lowest BCUT2D eigenvalue weighted by Crippen LogP contribution is -2.24. The van der Waals surface area contributed by atoms with Crippen molar-refractivity contribution in [3.05, 3.63) is 35.9 Å². The number of carbonyl (C=O) groups is 2. The van der Waals surface area contributed by atoms with Crippen molar-refractivity contribution < 1.29 is 24.2 Å². The van der Waals surface area contributed by atoms with E-state index in [4.69, 9.17) is 9.47 Å². The molecule has 0 aromatic heterocycles. The Morgan fingerprint density at radius 3 is 2.40 bits per heavy atom. The first-order chi connectivity index (χ1) is 12.1. The molecule has 0 saturated carbocycles. The second-order valence-corrected chi connectivity index (χ2v) is 6.14. The summed E-state index contributed by atoms with van der Waals surface area (Å²) in [5.41, 5.74) is 0.849. The van der Waals surface area contributed by atoms with Gasteiger partial charge < -0.3 is 14.6 Å². The molecule has 0 unspecified atom stereocenters. The van der Waals surface area contributed by atoms with Crippen LogP contribution in [0.25, 0.3) is 0 Å². The minimum Gasteiger partial charge on any atom is -0.466 e. The van der Waals surface area contributed by atoms with Crippen molar-refractivity contribution in [2.45, 2.75) is 71.0 Å². The molecule has 1 rings (SSSR count). The van der Waals surface area contributed by atoms with Crippen molar-refractivity contribution in [1.29, 1.82) is 0 Å². The molecule has 0 bridgehead atoms. The molecule has 0 amide bonds. The highest BCUT2D eigenvalue weighted by atomic mass is 16.5. The molecule has 0 saturated heterocycles. The van der Waals surface area contributed by atoms with E-state index in [1.54, 1.807) is 0 Å². The second-order valence-electron chi connectivity index (χ2n) is 6.14. The summed E-state index contributed by atoms with van der Waals surface area (Å²) < 4.78 is 10.1. The number of unbranched alkanes of at least 4 members (excludes halogenated alkanes) is 5. The molecule has 0 radical (unpaired) electrons. The Bertz CT molecular complexity index is 486. The first-order valence-electron chi connectivity index (χ1n) is 9.17. The second kappa shape index (κ2) is 13.4. The molecule has 140 valence electrons. The van der Waals surface area contributed by atoms with Gasteiger partial charge in [-0.2, -0.15) is 0 Å². The number of benzene rings is 1. The fourth-order valence-electron chi connectivity index (χ4n) is 2.34. The van der Waals surface area contributed by atoms with Crippen molar-refractivity contribution in [3.8, 4) is 0 Å². The molecule has 1 aromatic rings. The van der Waals surface area contributed by atoms with Crippen LogP contribution in [0.1, 0.15) is 63.9 Å². The molecule has 0 fully saturated rings. The molecular weight excluding hydrogens is 320 g/mol. The van der Waals surface area contributed by atoms with E-state index in [0.29, 0.717) is 6.61 Å². The van der Waals surface area contributed by atoms with Crippen LogP contribution in [0.3, 0.4) is 0 Å². The smallest absolute Gasteiger partial charge is 0.335 e. The Balaban J connectivity index is 2.06. The van der Waals surface area contributed by atoms with Gasteiger partial charge in [-0.1, -0.05) is 69.4 Å². The van der Waals surface area contributed by atoms with Gasteiger partial charge >= 0.3 is 11.9 Å². The Morgan fingerprint density at radius 2 is 1.68 bits per heavy atom. The molecule has 25 heavy (non-hydrogen) atoms. The van der Waals surface area contributed by atoms with Crippen LogP contribution in [0.2, 0.25) is 0 Å². The predicted molar refractivity (Wildman–Crippen MR) is 95.8 cm³/mol. The van der Waals surface area contributed by atoms with Crippen LogP contribution in [0.15, 0.2) is 30.3 Å². The third kappa shape index (κ3) is 10.6. The average Bonchev–Trinajstić information content (AvgIpc) is 2.64. The summed E-state index contributed by atoms with van der Waals surface area (Å²) in [5, 5.41) is 9.75. The Hall–Kier alpha value is -1.88. The van der Waals surface area contributed by atoms with Gasteiger partial charge in [-0.3, -0.25) is 4.79 Å². The maximum Gasteiger partial charge on any atom is 0.335 e. The standard InChI is InChI=1S/C20H30O5/c1-2-3-4-5-6-10-15-24-19(22)14-13-18(21)20(23)25-16-17-11-8-7-9-12-17/h7-9,11-12,18,21H,2-6,10,13-16H2,1H3/t18-/m0/s1. The number of hydrogen-bond donors (Lipinski definition) is 1. The zero-order valence-corrected chi connectivity index (χ0v) is 15.1. The van der Waals surface area contributed by atoms with Gasteiger partial charge in [0.15, 0.2) is 6.10 Å². The molecule has 0 aliphatic rings. The fourth-order valence-corrected chi connectivity index (χ4v) is 2.34. The van der Waals surface area contributed by atoms with E-state index in [1.807, 2.05) is 30.3 Å². The zero-order valence-electron chi connectivity index (χ0n) is 15.1. The third-order valence-electron chi connectivity index (χ3n) is 3.88. The van der Waals surface area contributed by atoms with Crippen molar-refractivity contribution in [2.24, 2.45) is 0 Å². The van der Waals surface area contributed by atoms with E-state index in [0.717, 1.165) is 24.8 Å². The van der Waals surface area contributed by atoms with Gasteiger partial charge in [-0.05, 0) is 18.4 Å². The van der Waals surface area contributed by atoms with Crippen molar-refractivity contribution >= 4 is 11.9 Å². The molecular formula is C20H30O5. The fraction of sp³-hybridized carbons (Fsp3) is 0.600. The van der Waals surface area contributed by atoms with Crippen molar-refractivity contribution in [1.82, 2.24) is 0 Å². The number of ether oxygens (including phenoxy) is 2. The van der Waals surface area contributed by atoms with Crippen molar-refractivity contribution in [2.75, 3.05) is 6.61 Å². The highest BCUT2D eigenvalue weighted by Gasteiger charge is 2.18. The minimum atomic E-state index is -1.30. The zero-order chi connectivity index (χ0) is 18.3. The van der Waals surface area contributed by atoms with Gasteiger partial charge in [0, 0.05) is 6.42 Å². The SMILES string of the molecule is CCCCCCCCOC(=O)CC[C@H](O)C(=O)OCc1ccccc1. The first-order valence-corrected chi connectivity index (χ1v) is 9.17. The molecule has 1 atom stereocenters. The Kier molecular flexibility index (Phi) is 11.4. The van der Waals surface area contributed by atoms with Gasteiger partial charge in [-0.15, -0.1) is 0 Å². The summed E-state index contributed by atoms with van der Waals surface area (Å²) in [4.78, 5) is 23.3. The van der Waals surface area contributed by atoms with Gasteiger partial charge in [0.05, 0.1) is 6.61 Å². The van der Waals surface area contributed by atoms with E-state index in [1.165, 1.54) is 19.3 Å². The van der Waals surface area contributed by atoms with Gasteiger partial charge in [-0.25, -0.2) is 4.79 Å². The van der Waals surface area contributed by atoms with E-state index >= 15 is 0 Å². The highest BCUT2D eigenvalue weighted by molar-refractivity contribution is 5.76. The minimum absolute atomic E-state index is 0.0113. The van der Waals surface area contributed by atoms with Crippen molar-refractivity contribution in [3.63, 3.8) is 0 Å². The van der Waals surface area contributed by atoms with Crippen LogP contribution in [0.4, 0.5) is 0 Å². The predicted octanol–water partition coefficient (Wildman–Crippen LogP) is 3.77. The Labute approximate surface area is 150 Å². The summed E-state index contributed by atoms with van der Waals surface area (Å²) >= 11 is 0. The van der Waals surface area contributed by atoms with Crippen LogP contribution in [-0.2, 0) is 25.7 Å². The normalized spacial score (nSPS) is 11.8. The summed E-state index contributed by atoms with van der Waals surface area (Å²) in [7, 11) is 0. The molecule has 0 spiro atoms. The summed E-state index contributed by atoms with van der Waals surface area (Å²) in [6.45, 7) is 2.69. The number of aliphatic hydroxyl groups is 1. The monoisotopic (exact) mass is 350 g/mol. The number of carbonyl (C=O) groups excluding carboxylic acids is 2. The number of esters is 2. The van der Waals surface area contributed by atoms with E-state index in [9.17, 15) is 14.7 Å². The molecule has 0 aliphatic carbocycles. The third-order valence-corrected chi connectivity index (χ3v) is 3.88. The molecule has 5 heteroatoms.